The average Bonchev–Trinajstić information content (AvgIpc) is 2.36. The highest BCUT2D eigenvalue weighted by molar-refractivity contribution is 6.36. The van der Waals surface area contributed by atoms with Crippen LogP contribution in [0.3, 0.4) is 0 Å². The number of nitrogens with one attached hydrogen (secondary N) is 1. The molecule has 6 heteroatoms. The molecule has 2 rings (SSSR count). The summed E-state index contributed by atoms with van der Waals surface area (Å²) < 4.78 is 0. The zero-order chi connectivity index (χ0) is 13.0. The lowest BCUT2D eigenvalue weighted by atomic mass is 10.2. The monoisotopic (exact) mass is 281 g/mol. The fraction of sp³-hybridized carbons (Fsp3) is 0. The quantitative estimate of drug-likeness (QED) is 0.668. The van der Waals surface area contributed by atoms with E-state index in [4.69, 9.17) is 23.2 Å². The molecule has 1 aromatic carbocycles. The molecule has 0 aliphatic heterocycles. The second-order valence-corrected chi connectivity index (χ2v) is 4.27. The molecule has 0 bridgehead atoms. The number of nitrogens with zero attached hydrogens (tertiary/aromatic N) is 2. The van der Waals surface area contributed by atoms with E-state index in [1.54, 1.807) is 30.6 Å². The van der Waals surface area contributed by atoms with Crippen molar-refractivity contribution in [2.45, 2.75) is 0 Å². The Bertz CT molecular complexity index is 573. The zero-order valence-corrected chi connectivity index (χ0v) is 10.7. The van der Waals surface area contributed by atoms with Gasteiger partial charge >= 0.3 is 0 Å². The number of aromatic hydroxyl groups is 1. The van der Waals surface area contributed by atoms with Crippen LogP contribution in [0.4, 0.5) is 5.69 Å². The van der Waals surface area contributed by atoms with Crippen LogP contribution in [0.2, 0.25) is 10.0 Å². The van der Waals surface area contributed by atoms with Crippen molar-refractivity contribution in [3.63, 3.8) is 0 Å². The molecule has 18 heavy (non-hydrogen) atoms. The summed E-state index contributed by atoms with van der Waals surface area (Å²) in [4.78, 5) is 3.88. The van der Waals surface area contributed by atoms with E-state index >= 15 is 0 Å². The Morgan fingerprint density at radius 1 is 1.22 bits per heavy atom. The molecule has 2 N–H and O–H groups in total. The van der Waals surface area contributed by atoms with Gasteiger partial charge in [-0.05, 0) is 24.3 Å². The van der Waals surface area contributed by atoms with Gasteiger partial charge in [0, 0.05) is 23.0 Å². The summed E-state index contributed by atoms with van der Waals surface area (Å²) in [7, 11) is 0. The zero-order valence-electron chi connectivity index (χ0n) is 9.14. The molecule has 0 aliphatic carbocycles. The Hall–Kier alpha value is -1.78. The van der Waals surface area contributed by atoms with Crippen molar-refractivity contribution < 1.29 is 5.11 Å². The lowest BCUT2D eigenvalue weighted by Crippen LogP contribution is -1.91. The van der Waals surface area contributed by atoms with Crippen molar-refractivity contribution in [1.29, 1.82) is 0 Å². The van der Waals surface area contributed by atoms with Gasteiger partial charge in [0.1, 0.15) is 5.75 Å². The minimum absolute atomic E-state index is 0.0543. The van der Waals surface area contributed by atoms with Crippen molar-refractivity contribution in [2.24, 2.45) is 5.10 Å². The molecule has 0 amide bonds. The minimum Gasteiger partial charge on any atom is -0.506 e. The average molecular weight is 282 g/mol. The van der Waals surface area contributed by atoms with Crippen LogP contribution < -0.4 is 5.43 Å². The Balaban J connectivity index is 2.15. The molecule has 0 spiro atoms. The van der Waals surface area contributed by atoms with Crippen LogP contribution in [0.1, 0.15) is 5.56 Å². The van der Waals surface area contributed by atoms with E-state index in [1.165, 1.54) is 12.3 Å². The van der Waals surface area contributed by atoms with Gasteiger partial charge in [-0.2, -0.15) is 5.10 Å². The molecule has 4 nitrogen and oxygen atoms in total. The largest absolute Gasteiger partial charge is 0.506 e. The van der Waals surface area contributed by atoms with Crippen LogP contribution in [-0.2, 0) is 0 Å². The van der Waals surface area contributed by atoms with Gasteiger partial charge in [-0.25, -0.2) is 0 Å². The van der Waals surface area contributed by atoms with Crippen molar-refractivity contribution in [3.05, 3.63) is 52.3 Å². The molecule has 0 aliphatic rings. The first-order valence-corrected chi connectivity index (χ1v) is 5.79. The summed E-state index contributed by atoms with van der Waals surface area (Å²) >= 11 is 11.6. The van der Waals surface area contributed by atoms with Crippen LogP contribution in [0.15, 0.2) is 41.8 Å². The van der Waals surface area contributed by atoms with Crippen LogP contribution in [0, 0.1) is 0 Å². The van der Waals surface area contributed by atoms with Crippen molar-refractivity contribution in [1.82, 2.24) is 4.98 Å². The third-order valence-corrected chi connectivity index (χ3v) is 2.64. The Labute approximate surface area is 114 Å². The first-order valence-electron chi connectivity index (χ1n) is 5.04. The maximum atomic E-state index is 9.70. The lowest BCUT2D eigenvalue weighted by Gasteiger charge is -2.03. The maximum Gasteiger partial charge on any atom is 0.143 e. The van der Waals surface area contributed by atoms with Gasteiger partial charge in [-0.15, -0.1) is 0 Å². The first-order chi connectivity index (χ1) is 8.66. The predicted molar refractivity (Wildman–Crippen MR) is 73.6 cm³/mol. The van der Waals surface area contributed by atoms with Crippen LogP contribution in [0.5, 0.6) is 5.75 Å². The summed E-state index contributed by atoms with van der Waals surface area (Å²) in [5.74, 6) is -0.0543. The van der Waals surface area contributed by atoms with Crippen molar-refractivity contribution >= 4 is 35.1 Å². The molecule has 92 valence electrons. The molecule has 2 aromatic rings. The normalized spacial score (nSPS) is 10.8. The molecule has 1 aromatic heterocycles. The van der Waals surface area contributed by atoms with Gasteiger partial charge in [0.05, 0.1) is 16.9 Å². The Kier molecular flexibility index (Phi) is 4.02. The molecule has 0 fully saturated rings. The van der Waals surface area contributed by atoms with Crippen LogP contribution >= 0.6 is 23.2 Å². The number of hydrazone groups is 1. The number of hydrogen-bond donors (Lipinski definition) is 2. The van der Waals surface area contributed by atoms with Gasteiger partial charge < -0.3 is 5.11 Å². The van der Waals surface area contributed by atoms with E-state index in [1.807, 2.05) is 0 Å². The lowest BCUT2D eigenvalue weighted by molar-refractivity contribution is 0.475. The fourth-order valence-electron chi connectivity index (χ4n) is 1.29. The fourth-order valence-corrected chi connectivity index (χ4v) is 1.80. The number of aromatic nitrogens is 1. The van der Waals surface area contributed by atoms with Gasteiger partial charge in [0.25, 0.3) is 0 Å². The van der Waals surface area contributed by atoms with E-state index in [0.717, 1.165) is 5.69 Å². The second kappa shape index (κ2) is 5.71. The molecular weight excluding hydrogens is 273 g/mol. The molecular formula is C12H9Cl2N3O. The smallest absolute Gasteiger partial charge is 0.143 e. The van der Waals surface area contributed by atoms with E-state index in [0.29, 0.717) is 10.6 Å². The number of anilines is 1. The van der Waals surface area contributed by atoms with Gasteiger partial charge in [0.15, 0.2) is 0 Å². The van der Waals surface area contributed by atoms with Crippen LogP contribution in [-0.4, -0.2) is 16.3 Å². The van der Waals surface area contributed by atoms with E-state index in [-0.39, 0.29) is 10.8 Å². The number of hydrogen-bond acceptors (Lipinski definition) is 4. The highest BCUT2D eigenvalue weighted by Crippen LogP contribution is 2.29. The number of phenolic OH excluding ortho intramolecular Hbond substituents is 1. The standard InChI is InChI=1S/C12H9Cl2N3O/c13-9-5-8(12(18)11(14)6-9)7-16-17-10-1-3-15-4-2-10/h1-7,18H,(H,15,17)/b16-7+. The molecule has 0 saturated carbocycles. The minimum atomic E-state index is -0.0543. The van der Waals surface area contributed by atoms with Crippen molar-refractivity contribution in [2.75, 3.05) is 5.43 Å². The highest BCUT2D eigenvalue weighted by Gasteiger charge is 2.05. The maximum absolute atomic E-state index is 9.70. The number of rotatable bonds is 3. The Morgan fingerprint density at radius 3 is 2.67 bits per heavy atom. The number of halogens is 2. The summed E-state index contributed by atoms with van der Waals surface area (Å²) in [5.41, 5.74) is 4.02. The summed E-state index contributed by atoms with van der Waals surface area (Å²) in [6.07, 6.45) is 4.73. The van der Waals surface area contributed by atoms with Gasteiger partial charge in [-0.3, -0.25) is 10.4 Å². The molecule has 0 saturated heterocycles. The molecule has 1 heterocycles. The third kappa shape index (κ3) is 3.12. The van der Waals surface area contributed by atoms with E-state index in [2.05, 4.69) is 15.5 Å². The molecule has 0 atom stereocenters. The summed E-state index contributed by atoms with van der Waals surface area (Å²) in [6.45, 7) is 0. The SMILES string of the molecule is Oc1c(Cl)cc(Cl)cc1/C=N/Nc1ccncc1. The number of phenols is 1. The second-order valence-electron chi connectivity index (χ2n) is 3.43. The topological polar surface area (TPSA) is 57.5 Å². The van der Waals surface area contributed by atoms with Gasteiger partial charge in [0.2, 0.25) is 0 Å². The molecule has 0 radical (unpaired) electrons. The van der Waals surface area contributed by atoms with Crippen molar-refractivity contribution in [3.8, 4) is 5.75 Å². The van der Waals surface area contributed by atoms with Gasteiger partial charge in [-0.1, -0.05) is 23.2 Å². The van der Waals surface area contributed by atoms with E-state index in [9.17, 15) is 5.11 Å². The van der Waals surface area contributed by atoms with Crippen LogP contribution in [0.25, 0.3) is 0 Å². The summed E-state index contributed by atoms with van der Waals surface area (Å²) in [6, 6.07) is 6.57. The number of benzene rings is 1. The summed E-state index contributed by atoms with van der Waals surface area (Å²) in [5, 5.41) is 14.3. The third-order valence-electron chi connectivity index (χ3n) is 2.14. The number of pyridine rings is 1. The Morgan fingerprint density at radius 2 is 1.94 bits per heavy atom. The predicted octanol–water partition coefficient (Wildman–Crippen LogP) is 3.54. The first kappa shape index (κ1) is 12.7. The highest BCUT2D eigenvalue weighted by atomic mass is 35.5. The van der Waals surface area contributed by atoms with E-state index < -0.39 is 0 Å². The molecule has 0 unspecified atom stereocenters.